The average molecular weight is 300 g/mol. The van der Waals surface area contributed by atoms with Gasteiger partial charge in [0.25, 0.3) is 0 Å². The molecular weight excluding hydrogens is 295 g/mol. The van der Waals surface area contributed by atoms with E-state index in [0.29, 0.717) is 11.5 Å². The van der Waals surface area contributed by atoms with Crippen molar-refractivity contribution in [3.05, 3.63) is 28.3 Å². The lowest BCUT2D eigenvalue weighted by molar-refractivity contribution is 0.851. The van der Waals surface area contributed by atoms with Gasteiger partial charge in [0.2, 0.25) is 5.28 Å². The second-order valence-electron chi connectivity index (χ2n) is 3.05. The molecule has 80 valence electrons. The fraction of sp³-hybridized carbons (Fsp3) is 0. The summed E-state index contributed by atoms with van der Waals surface area (Å²) in [5.74, 6) is 0.592. The first-order valence-corrected chi connectivity index (χ1v) is 5.48. The molecule has 0 aliphatic heterocycles. The van der Waals surface area contributed by atoms with Gasteiger partial charge in [0.15, 0.2) is 11.5 Å². The van der Waals surface area contributed by atoms with Gasteiger partial charge < -0.3 is 0 Å². The highest BCUT2D eigenvalue weighted by Crippen LogP contribution is 2.19. The molecule has 6 nitrogen and oxygen atoms in total. The zero-order chi connectivity index (χ0) is 11.1. The minimum Gasteiger partial charge on any atom is -0.261 e. The Morgan fingerprint density at radius 1 is 1.31 bits per heavy atom. The van der Waals surface area contributed by atoms with Gasteiger partial charge in [-0.3, -0.25) is 5.10 Å². The summed E-state index contributed by atoms with van der Waals surface area (Å²) in [6.45, 7) is 0. The molecule has 0 saturated heterocycles. The van der Waals surface area contributed by atoms with E-state index in [-0.39, 0.29) is 5.28 Å². The lowest BCUT2D eigenvalue weighted by Crippen LogP contribution is -2.00. The number of fused-ring (bicyclic) bond motifs is 1. The van der Waals surface area contributed by atoms with E-state index in [0.717, 1.165) is 9.86 Å². The molecule has 0 bridgehead atoms. The van der Waals surface area contributed by atoms with Gasteiger partial charge in [-0.25, -0.2) is 4.68 Å². The molecule has 0 aliphatic carbocycles. The topological polar surface area (TPSA) is 72.3 Å². The predicted octanol–water partition coefficient (Wildman–Crippen LogP) is 1.95. The second-order valence-corrected chi connectivity index (χ2v) is 4.31. The molecule has 3 aromatic rings. The number of hydrogen-bond donors (Lipinski definition) is 1. The Balaban J connectivity index is 2.33. The molecule has 0 aliphatic rings. The standard InChI is InChI=1S/C8H4BrClN6/c9-4-1-12-16(3-4)7-5-2-11-15-6(5)13-8(10)14-7/h1-3H,(H,11,13,14,15). The van der Waals surface area contributed by atoms with Crippen molar-refractivity contribution in [3.8, 4) is 5.82 Å². The van der Waals surface area contributed by atoms with E-state index in [4.69, 9.17) is 11.6 Å². The van der Waals surface area contributed by atoms with E-state index in [9.17, 15) is 0 Å². The molecule has 3 rings (SSSR count). The normalized spacial score (nSPS) is 11.1. The third kappa shape index (κ3) is 1.48. The Hall–Kier alpha value is -1.47. The maximum atomic E-state index is 5.81. The van der Waals surface area contributed by atoms with Crippen LogP contribution in [0.25, 0.3) is 16.9 Å². The van der Waals surface area contributed by atoms with Crippen LogP contribution in [0.3, 0.4) is 0 Å². The summed E-state index contributed by atoms with van der Waals surface area (Å²) in [7, 11) is 0. The highest BCUT2D eigenvalue weighted by molar-refractivity contribution is 9.10. The van der Waals surface area contributed by atoms with Crippen molar-refractivity contribution >= 4 is 38.6 Å². The van der Waals surface area contributed by atoms with E-state index >= 15 is 0 Å². The smallest absolute Gasteiger partial charge is 0.226 e. The fourth-order valence-corrected chi connectivity index (χ4v) is 1.83. The molecule has 0 fully saturated rings. The molecule has 8 heteroatoms. The Bertz CT molecular complexity index is 659. The van der Waals surface area contributed by atoms with Crippen molar-refractivity contribution < 1.29 is 0 Å². The number of aromatic amines is 1. The summed E-state index contributed by atoms with van der Waals surface area (Å²) in [6, 6.07) is 0. The van der Waals surface area contributed by atoms with Crippen LogP contribution in [0.2, 0.25) is 5.28 Å². The molecule has 1 N–H and O–H groups in total. The third-order valence-corrected chi connectivity index (χ3v) is 2.61. The Morgan fingerprint density at radius 2 is 2.19 bits per heavy atom. The van der Waals surface area contributed by atoms with Crippen LogP contribution >= 0.6 is 27.5 Å². The molecular formula is C8H4BrClN6. The SMILES string of the molecule is Clc1nc(-n2cc(Br)cn2)c2cn[nH]c2n1. The Labute approximate surface area is 103 Å². The van der Waals surface area contributed by atoms with E-state index in [2.05, 4.69) is 41.2 Å². The lowest BCUT2D eigenvalue weighted by atomic mass is 10.4. The maximum absolute atomic E-state index is 5.81. The number of nitrogens with zero attached hydrogens (tertiary/aromatic N) is 5. The molecule has 0 atom stereocenters. The van der Waals surface area contributed by atoms with E-state index in [1.807, 2.05) is 0 Å². The second kappa shape index (κ2) is 3.53. The van der Waals surface area contributed by atoms with Gasteiger partial charge in [0, 0.05) is 6.20 Å². The predicted molar refractivity (Wildman–Crippen MR) is 61.5 cm³/mol. The summed E-state index contributed by atoms with van der Waals surface area (Å²) >= 11 is 9.13. The van der Waals surface area contributed by atoms with Crippen LogP contribution in [0.1, 0.15) is 0 Å². The number of halogens is 2. The van der Waals surface area contributed by atoms with Crippen LogP contribution in [0, 0.1) is 0 Å². The first-order chi connectivity index (χ1) is 7.74. The van der Waals surface area contributed by atoms with Crippen molar-refractivity contribution in [2.45, 2.75) is 0 Å². The summed E-state index contributed by atoms with van der Waals surface area (Å²) in [6.07, 6.45) is 5.09. The molecule has 16 heavy (non-hydrogen) atoms. The molecule has 0 amide bonds. The number of aromatic nitrogens is 6. The van der Waals surface area contributed by atoms with Crippen molar-refractivity contribution in [3.63, 3.8) is 0 Å². The van der Waals surface area contributed by atoms with Crippen LogP contribution in [0.15, 0.2) is 23.1 Å². The minimum atomic E-state index is 0.151. The van der Waals surface area contributed by atoms with Crippen molar-refractivity contribution in [2.75, 3.05) is 0 Å². The first kappa shape index (κ1) is 9.73. The Morgan fingerprint density at radius 3 is 2.94 bits per heavy atom. The molecule has 3 heterocycles. The van der Waals surface area contributed by atoms with Gasteiger partial charge in [-0.15, -0.1) is 0 Å². The molecule has 0 saturated carbocycles. The number of H-pyrrole nitrogens is 1. The Kier molecular flexibility index (Phi) is 2.15. The van der Waals surface area contributed by atoms with E-state index in [1.165, 1.54) is 0 Å². The molecule has 3 aromatic heterocycles. The highest BCUT2D eigenvalue weighted by atomic mass is 79.9. The van der Waals surface area contributed by atoms with Gasteiger partial charge in [-0.1, -0.05) is 0 Å². The van der Waals surface area contributed by atoms with Crippen LogP contribution in [-0.2, 0) is 0 Å². The van der Waals surface area contributed by atoms with Crippen LogP contribution in [-0.4, -0.2) is 29.9 Å². The van der Waals surface area contributed by atoms with Crippen molar-refractivity contribution in [2.24, 2.45) is 0 Å². The highest BCUT2D eigenvalue weighted by Gasteiger charge is 2.10. The van der Waals surface area contributed by atoms with Gasteiger partial charge in [0.05, 0.1) is 22.3 Å². The summed E-state index contributed by atoms with van der Waals surface area (Å²) < 4.78 is 2.47. The van der Waals surface area contributed by atoms with E-state index < -0.39 is 0 Å². The monoisotopic (exact) mass is 298 g/mol. The number of hydrogen-bond acceptors (Lipinski definition) is 4. The van der Waals surface area contributed by atoms with Gasteiger partial charge >= 0.3 is 0 Å². The van der Waals surface area contributed by atoms with Crippen LogP contribution < -0.4 is 0 Å². The molecule has 0 aromatic carbocycles. The minimum absolute atomic E-state index is 0.151. The summed E-state index contributed by atoms with van der Waals surface area (Å²) in [5, 5.41) is 11.7. The van der Waals surface area contributed by atoms with Gasteiger partial charge in [0.1, 0.15) is 0 Å². The van der Waals surface area contributed by atoms with E-state index in [1.54, 1.807) is 23.3 Å². The average Bonchev–Trinajstić information content (AvgIpc) is 2.84. The van der Waals surface area contributed by atoms with Crippen LogP contribution in [0.4, 0.5) is 0 Å². The lowest BCUT2D eigenvalue weighted by Gasteiger charge is -2.01. The zero-order valence-electron chi connectivity index (χ0n) is 7.72. The summed E-state index contributed by atoms with van der Waals surface area (Å²) in [5.41, 5.74) is 0.585. The van der Waals surface area contributed by atoms with Gasteiger partial charge in [-0.05, 0) is 27.5 Å². The third-order valence-electron chi connectivity index (χ3n) is 2.03. The molecule has 0 spiro atoms. The maximum Gasteiger partial charge on any atom is 0.226 e. The zero-order valence-corrected chi connectivity index (χ0v) is 10.1. The molecule has 0 radical (unpaired) electrons. The number of nitrogens with one attached hydrogen (secondary N) is 1. The molecule has 0 unspecified atom stereocenters. The van der Waals surface area contributed by atoms with Gasteiger partial charge in [-0.2, -0.15) is 20.2 Å². The first-order valence-electron chi connectivity index (χ1n) is 4.31. The van der Waals surface area contributed by atoms with Crippen LogP contribution in [0.5, 0.6) is 0 Å². The largest absolute Gasteiger partial charge is 0.261 e. The fourth-order valence-electron chi connectivity index (χ4n) is 1.38. The summed E-state index contributed by atoms with van der Waals surface area (Å²) in [4.78, 5) is 8.14. The van der Waals surface area contributed by atoms with Crippen molar-refractivity contribution in [1.29, 1.82) is 0 Å². The quantitative estimate of drug-likeness (QED) is 0.697. The number of rotatable bonds is 1. The van der Waals surface area contributed by atoms with Crippen molar-refractivity contribution in [1.82, 2.24) is 29.9 Å².